The lowest BCUT2D eigenvalue weighted by Gasteiger charge is -2.08. The molecule has 1 saturated carbocycles. The number of urea groups is 1. The van der Waals surface area contributed by atoms with Gasteiger partial charge in [0.15, 0.2) is 5.82 Å². The van der Waals surface area contributed by atoms with E-state index in [1.807, 2.05) is 30.3 Å². The molecule has 0 bridgehead atoms. The van der Waals surface area contributed by atoms with E-state index in [1.54, 1.807) is 22.8 Å². The molecule has 4 rings (SSSR count). The predicted molar refractivity (Wildman–Crippen MR) is 114 cm³/mol. The SMILES string of the molecule is O=C(NCCn1nc(-c2ccccc2)n(C2CC2)c1=O)Nc1ccc(Cl)c(Cl)c1. The van der Waals surface area contributed by atoms with Gasteiger partial charge >= 0.3 is 11.7 Å². The normalized spacial score (nSPS) is 13.3. The summed E-state index contributed by atoms with van der Waals surface area (Å²) < 4.78 is 3.16. The van der Waals surface area contributed by atoms with Crippen LogP contribution in [0.5, 0.6) is 0 Å². The van der Waals surface area contributed by atoms with Gasteiger partial charge in [-0.1, -0.05) is 53.5 Å². The Morgan fingerprint density at radius 1 is 1.10 bits per heavy atom. The summed E-state index contributed by atoms with van der Waals surface area (Å²) in [6.45, 7) is 0.524. The summed E-state index contributed by atoms with van der Waals surface area (Å²) in [4.78, 5) is 24.9. The monoisotopic (exact) mass is 431 g/mol. The van der Waals surface area contributed by atoms with Gasteiger partial charge in [-0.15, -0.1) is 5.10 Å². The van der Waals surface area contributed by atoms with Crippen molar-refractivity contribution in [2.24, 2.45) is 0 Å². The van der Waals surface area contributed by atoms with E-state index in [0.717, 1.165) is 18.4 Å². The summed E-state index contributed by atoms with van der Waals surface area (Å²) in [5, 5.41) is 10.7. The largest absolute Gasteiger partial charge is 0.346 e. The van der Waals surface area contributed by atoms with Crippen molar-refractivity contribution < 1.29 is 4.79 Å². The first-order valence-electron chi connectivity index (χ1n) is 9.27. The molecule has 1 aliphatic rings. The molecule has 1 aromatic heterocycles. The van der Waals surface area contributed by atoms with Crippen LogP contribution in [0, 0.1) is 0 Å². The van der Waals surface area contributed by atoms with Gasteiger partial charge in [0.25, 0.3) is 0 Å². The number of rotatable bonds is 6. The van der Waals surface area contributed by atoms with Crippen molar-refractivity contribution in [3.63, 3.8) is 0 Å². The fourth-order valence-corrected chi connectivity index (χ4v) is 3.33. The number of nitrogens with zero attached hydrogens (tertiary/aromatic N) is 3. The van der Waals surface area contributed by atoms with Crippen molar-refractivity contribution in [1.29, 1.82) is 0 Å². The van der Waals surface area contributed by atoms with Crippen LogP contribution < -0.4 is 16.3 Å². The molecular weight excluding hydrogens is 413 g/mol. The van der Waals surface area contributed by atoms with Crippen LogP contribution in [0.25, 0.3) is 11.4 Å². The average Bonchev–Trinajstić information content (AvgIpc) is 3.49. The quantitative estimate of drug-likeness (QED) is 0.614. The standard InChI is InChI=1S/C20H19Cl2N5O2/c21-16-9-6-14(12-17(16)22)24-19(28)23-10-11-26-20(29)27(15-7-8-15)18(25-26)13-4-2-1-3-5-13/h1-6,9,12,15H,7-8,10-11H2,(H2,23,24,28). The molecule has 0 atom stereocenters. The third-order valence-corrected chi connectivity index (χ3v) is 5.34. The van der Waals surface area contributed by atoms with Crippen molar-refractivity contribution in [3.8, 4) is 11.4 Å². The molecule has 2 aromatic carbocycles. The van der Waals surface area contributed by atoms with Crippen molar-refractivity contribution in [3.05, 3.63) is 69.1 Å². The molecule has 9 heteroatoms. The lowest BCUT2D eigenvalue weighted by molar-refractivity contribution is 0.251. The number of benzene rings is 2. The molecule has 150 valence electrons. The molecule has 2 amide bonds. The first kappa shape index (κ1) is 19.5. The second-order valence-electron chi connectivity index (χ2n) is 6.81. The third-order valence-electron chi connectivity index (χ3n) is 4.60. The Kier molecular flexibility index (Phi) is 5.60. The molecule has 0 saturated heterocycles. The Hall–Kier alpha value is -2.77. The minimum Gasteiger partial charge on any atom is -0.336 e. The number of aromatic nitrogens is 3. The molecule has 1 heterocycles. The maximum absolute atomic E-state index is 12.8. The van der Waals surface area contributed by atoms with Gasteiger partial charge in [0, 0.05) is 23.8 Å². The average molecular weight is 432 g/mol. The highest BCUT2D eigenvalue weighted by Crippen LogP contribution is 2.36. The maximum atomic E-state index is 12.8. The van der Waals surface area contributed by atoms with Gasteiger partial charge in [-0.3, -0.25) is 4.57 Å². The second-order valence-corrected chi connectivity index (χ2v) is 7.62. The molecule has 1 fully saturated rings. The Balaban J connectivity index is 1.41. The van der Waals surface area contributed by atoms with Crippen LogP contribution in [0.1, 0.15) is 18.9 Å². The van der Waals surface area contributed by atoms with Crippen molar-refractivity contribution in [2.45, 2.75) is 25.4 Å². The number of halogens is 2. The first-order chi connectivity index (χ1) is 14.0. The number of nitrogens with one attached hydrogen (secondary N) is 2. The molecule has 2 N–H and O–H groups in total. The molecule has 0 spiro atoms. The molecule has 0 radical (unpaired) electrons. The Bertz CT molecular complexity index is 1090. The van der Waals surface area contributed by atoms with Gasteiger partial charge in [0.2, 0.25) is 0 Å². The van der Waals surface area contributed by atoms with E-state index in [4.69, 9.17) is 23.2 Å². The van der Waals surface area contributed by atoms with Crippen LogP contribution in [-0.2, 0) is 6.54 Å². The van der Waals surface area contributed by atoms with Crippen LogP contribution in [0.2, 0.25) is 10.0 Å². The highest BCUT2D eigenvalue weighted by molar-refractivity contribution is 6.42. The van der Waals surface area contributed by atoms with Crippen LogP contribution in [0.4, 0.5) is 10.5 Å². The molecule has 29 heavy (non-hydrogen) atoms. The lowest BCUT2D eigenvalue weighted by atomic mass is 10.2. The maximum Gasteiger partial charge on any atom is 0.346 e. The van der Waals surface area contributed by atoms with E-state index in [1.165, 1.54) is 4.68 Å². The second kappa shape index (κ2) is 8.31. The van der Waals surface area contributed by atoms with Crippen LogP contribution in [0.15, 0.2) is 53.3 Å². The molecular formula is C20H19Cl2N5O2. The summed E-state index contributed by atoms with van der Waals surface area (Å²) in [6, 6.07) is 14.3. The van der Waals surface area contributed by atoms with Crippen molar-refractivity contribution >= 4 is 34.9 Å². The van der Waals surface area contributed by atoms with Gasteiger partial charge in [0.05, 0.1) is 16.6 Å². The number of carbonyl (C=O) groups is 1. The molecule has 1 aliphatic carbocycles. The minimum atomic E-state index is -0.402. The van der Waals surface area contributed by atoms with Crippen LogP contribution in [0.3, 0.4) is 0 Å². The third kappa shape index (κ3) is 4.46. The number of hydrogen-bond acceptors (Lipinski definition) is 3. The Labute approximate surface area is 177 Å². The summed E-state index contributed by atoms with van der Waals surface area (Å²) >= 11 is 11.8. The fourth-order valence-electron chi connectivity index (χ4n) is 3.04. The number of carbonyl (C=O) groups excluding carboxylic acids is 1. The van der Waals surface area contributed by atoms with Gasteiger partial charge < -0.3 is 10.6 Å². The fraction of sp³-hybridized carbons (Fsp3) is 0.250. The minimum absolute atomic E-state index is 0.155. The Morgan fingerprint density at radius 3 is 2.55 bits per heavy atom. The van der Waals surface area contributed by atoms with E-state index in [2.05, 4.69) is 15.7 Å². The van der Waals surface area contributed by atoms with Crippen LogP contribution in [-0.4, -0.2) is 26.9 Å². The van der Waals surface area contributed by atoms with Crippen LogP contribution >= 0.6 is 23.2 Å². The van der Waals surface area contributed by atoms with E-state index >= 15 is 0 Å². The number of amides is 2. The van der Waals surface area contributed by atoms with Crippen molar-refractivity contribution in [1.82, 2.24) is 19.7 Å². The van der Waals surface area contributed by atoms with E-state index in [0.29, 0.717) is 21.6 Å². The lowest BCUT2D eigenvalue weighted by Crippen LogP contribution is -2.34. The summed E-state index contributed by atoms with van der Waals surface area (Å²) in [7, 11) is 0. The van der Waals surface area contributed by atoms with Gasteiger partial charge in [-0.25, -0.2) is 14.3 Å². The zero-order valence-electron chi connectivity index (χ0n) is 15.4. The van der Waals surface area contributed by atoms with Crippen molar-refractivity contribution in [2.75, 3.05) is 11.9 Å². The molecule has 3 aromatic rings. The van der Waals surface area contributed by atoms with E-state index in [-0.39, 0.29) is 24.8 Å². The topological polar surface area (TPSA) is 81.0 Å². The highest BCUT2D eigenvalue weighted by Gasteiger charge is 2.30. The van der Waals surface area contributed by atoms with Gasteiger partial charge in [-0.2, -0.15) is 0 Å². The van der Waals surface area contributed by atoms with Gasteiger partial charge in [-0.05, 0) is 31.0 Å². The summed E-state index contributed by atoms with van der Waals surface area (Å²) in [5.74, 6) is 0.665. The number of hydrogen-bond donors (Lipinski definition) is 2. The van der Waals surface area contributed by atoms with Gasteiger partial charge in [0.1, 0.15) is 0 Å². The van der Waals surface area contributed by atoms with E-state index < -0.39 is 6.03 Å². The van der Waals surface area contributed by atoms with E-state index in [9.17, 15) is 9.59 Å². The molecule has 0 unspecified atom stereocenters. The molecule has 7 nitrogen and oxygen atoms in total. The smallest absolute Gasteiger partial charge is 0.336 e. The predicted octanol–water partition coefficient (Wildman–Crippen LogP) is 4.18. The zero-order valence-corrected chi connectivity index (χ0v) is 17.0. The summed E-state index contributed by atoms with van der Waals surface area (Å²) in [5.41, 5.74) is 1.28. The Morgan fingerprint density at radius 2 is 1.86 bits per heavy atom. The summed E-state index contributed by atoms with van der Waals surface area (Å²) in [6.07, 6.45) is 1.96. The number of anilines is 1. The zero-order chi connectivity index (χ0) is 20.4. The molecule has 0 aliphatic heterocycles. The first-order valence-corrected chi connectivity index (χ1v) is 10.0. The highest BCUT2D eigenvalue weighted by atomic mass is 35.5.